The van der Waals surface area contributed by atoms with Gasteiger partial charge in [-0.25, -0.2) is 13.6 Å². The molecule has 0 spiro atoms. The summed E-state index contributed by atoms with van der Waals surface area (Å²) in [5.41, 5.74) is 1.58. The van der Waals surface area contributed by atoms with Crippen molar-refractivity contribution < 1.29 is 22.7 Å². The van der Waals surface area contributed by atoms with E-state index < -0.39 is 15.9 Å². The lowest BCUT2D eigenvalue weighted by atomic mass is 10.1. The molecule has 2 aromatic carbocycles. The quantitative estimate of drug-likeness (QED) is 0.440. The first kappa shape index (κ1) is 22.0. The maximum absolute atomic E-state index is 12.7. The molecule has 0 radical (unpaired) electrons. The highest BCUT2D eigenvalue weighted by atomic mass is 32.2. The summed E-state index contributed by atoms with van der Waals surface area (Å²) < 4.78 is 31.2. The molecule has 10 heteroatoms. The van der Waals surface area contributed by atoms with Crippen LogP contribution in [0.3, 0.4) is 0 Å². The molecule has 0 aliphatic rings. The van der Waals surface area contributed by atoms with Crippen LogP contribution < -0.4 is 9.94 Å². The minimum atomic E-state index is -3.85. The largest absolute Gasteiger partial charge is 0.380 e. The molecular formula is C20H21N3O5S2. The van der Waals surface area contributed by atoms with E-state index in [4.69, 9.17) is 9.88 Å². The van der Waals surface area contributed by atoms with Gasteiger partial charge in [-0.1, -0.05) is 23.5 Å². The summed E-state index contributed by atoms with van der Waals surface area (Å²) in [7, 11) is -3.85. The molecule has 3 rings (SSSR count). The number of nitrogens with two attached hydrogens (primary N) is 1. The van der Waals surface area contributed by atoms with Gasteiger partial charge in [-0.15, -0.1) is 0 Å². The highest BCUT2D eigenvalue weighted by Gasteiger charge is 2.14. The van der Waals surface area contributed by atoms with Crippen molar-refractivity contribution >= 4 is 43.3 Å². The highest BCUT2D eigenvalue weighted by Crippen LogP contribution is 2.21. The molecule has 0 saturated carbocycles. The molecule has 2 N–H and O–H groups in total. The van der Waals surface area contributed by atoms with E-state index in [2.05, 4.69) is 4.99 Å². The number of carbonyl (C=O) groups excluding carboxylic acids is 2. The van der Waals surface area contributed by atoms with E-state index in [9.17, 15) is 18.0 Å². The number of Topliss-reactive ketones (excluding diaryl/α,β-unsaturated/α-hetero) is 1. The maximum atomic E-state index is 12.7. The van der Waals surface area contributed by atoms with Crippen LogP contribution in [0.2, 0.25) is 0 Å². The number of fused-ring (bicyclic) bond motifs is 1. The lowest BCUT2D eigenvalue weighted by molar-refractivity contribution is 0.0990. The number of rotatable bonds is 7. The van der Waals surface area contributed by atoms with Crippen LogP contribution in [0.5, 0.6) is 0 Å². The van der Waals surface area contributed by atoms with E-state index in [0.29, 0.717) is 40.4 Å². The number of carbonyl (C=O) groups is 2. The smallest absolute Gasteiger partial charge is 0.279 e. The van der Waals surface area contributed by atoms with Crippen LogP contribution in [0.15, 0.2) is 52.4 Å². The number of ketones is 1. The van der Waals surface area contributed by atoms with Gasteiger partial charge in [0.05, 0.1) is 21.7 Å². The Morgan fingerprint density at radius 3 is 2.40 bits per heavy atom. The monoisotopic (exact) mass is 447 g/mol. The van der Waals surface area contributed by atoms with Crippen LogP contribution in [-0.2, 0) is 21.3 Å². The molecule has 1 heterocycles. The van der Waals surface area contributed by atoms with Gasteiger partial charge in [0.15, 0.2) is 10.6 Å². The average molecular weight is 448 g/mol. The van der Waals surface area contributed by atoms with Crippen molar-refractivity contribution in [3.05, 3.63) is 58.4 Å². The summed E-state index contributed by atoms with van der Waals surface area (Å²) in [4.78, 5) is 28.7. The Labute approximate surface area is 177 Å². The second-order valence-electron chi connectivity index (χ2n) is 6.46. The first-order valence-corrected chi connectivity index (χ1v) is 11.5. The molecule has 0 aliphatic heterocycles. The van der Waals surface area contributed by atoms with Crippen LogP contribution in [-0.4, -0.2) is 37.9 Å². The highest BCUT2D eigenvalue weighted by molar-refractivity contribution is 7.89. The Bertz CT molecular complexity index is 1270. The van der Waals surface area contributed by atoms with E-state index in [1.165, 1.54) is 30.4 Å². The van der Waals surface area contributed by atoms with Crippen LogP contribution in [0.25, 0.3) is 10.2 Å². The van der Waals surface area contributed by atoms with Crippen LogP contribution in [0.1, 0.15) is 34.6 Å². The molecule has 158 valence electrons. The standard InChI is InChI=1S/C20H21N3O5S2/c1-3-28-11-10-23-17-9-8-16(30(21,26)27)12-18(17)29-20(23)22-19(25)15-6-4-14(5-7-15)13(2)24/h4-9,12H,3,10-11H2,1-2H3,(H2,21,26,27). The van der Waals surface area contributed by atoms with Gasteiger partial charge in [-0.3, -0.25) is 9.59 Å². The van der Waals surface area contributed by atoms with Crippen LogP contribution in [0, 0.1) is 0 Å². The second kappa shape index (κ2) is 9.00. The summed E-state index contributed by atoms with van der Waals surface area (Å²) in [5.74, 6) is -0.552. The van der Waals surface area contributed by atoms with Crippen molar-refractivity contribution in [1.82, 2.24) is 4.57 Å². The molecule has 1 amide bonds. The topological polar surface area (TPSA) is 121 Å². The minimum absolute atomic E-state index is 0.00842. The summed E-state index contributed by atoms with van der Waals surface area (Å²) in [6.07, 6.45) is 0. The average Bonchev–Trinajstić information content (AvgIpc) is 3.04. The fourth-order valence-electron chi connectivity index (χ4n) is 2.83. The number of nitrogens with zero attached hydrogens (tertiary/aromatic N) is 2. The minimum Gasteiger partial charge on any atom is -0.380 e. The predicted octanol–water partition coefficient (Wildman–Crippen LogP) is 2.33. The second-order valence-corrected chi connectivity index (χ2v) is 9.03. The molecule has 3 aromatic rings. The van der Waals surface area contributed by atoms with Crippen LogP contribution >= 0.6 is 11.3 Å². The molecule has 0 fully saturated rings. The Kier molecular flexibility index (Phi) is 6.61. The van der Waals surface area contributed by atoms with Gasteiger partial charge in [-0.2, -0.15) is 4.99 Å². The zero-order valence-electron chi connectivity index (χ0n) is 16.5. The normalized spacial score (nSPS) is 12.4. The van der Waals surface area contributed by atoms with Gasteiger partial charge in [0.2, 0.25) is 10.0 Å². The van der Waals surface area contributed by atoms with Gasteiger partial charge in [0.1, 0.15) is 0 Å². The fraction of sp³-hybridized carbons (Fsp3) is 0.250. The number of thiazole rings is 1. The van der Waals surface area contributed by atoms with Crippen molar-refractivity contribution in [2.75, 3.05) is 13.2 Å². The fourth-order valence-corrected chi connectivity index (χ4v) is 4.54. The third kappa shape index (κ3) is 4.90. The van der Waals surface area contributed by atoms with Gasteiger partial charge in [-0.05, 0) is 44.2 Å². The molecule has 0 unspecified atom stereocenters. The van der Waals surface area contributed by atoms with E-state index in [0.717, 1.165) is 5.52 Å². The number of benzene rings is 2. The molecule has 0 bridgehead atoms. The maximum Gasteiger partial charge on any atom is 0.279 e. The van der Waals surface area contributed by atoms with E-state index >= 15 is 0 Å². The Morgan fingerprint density at radius 2 is 1.80 bits per heavy atom. The van der Waals surface area contributed by atoms with Gasteiger partial charge < -0.3 is 9.30 Å². The molecule has 1 aromatic heterocycles. The summed E-state index contributed by atoms with van der Waals surface area (Å²) in [6, 6.07) is 10.8. The Hall–Kier alpha value is -2.66. The van der Waals surface area contributed by atoms with Crippen molar-refractivity contribution in [2.45, 2.75) is 25.3 Å². The predicted molar refractivity (Wildman–Crippen MR) is 114 cm³/mol. The number of hydrogen-bond donors (Lipinski definition) is 1. The van der Waals surface area contributed by atoms with Gasteiger partial charge in [0, 0.05) is 24.3 Å². The number of amides is 1. The van der Waals surface area contributed by atoms with E-state index in [1.807, 2.05) is 11.5 Å². The van der Waals surface area contributed by atoms with Gasteiger partial charge >= 0.3 is 0 Å². The zero-order valence-corrected chi connectivity index (χ0v) is 18.1. The number of ether oxygens (including phenoxy) is 1. The van der Waals surface area contributed by atoms with E-state index in [1.54, 1.807) is 30.3 Å². The first-order valence-electron chi connectivity index (χ1n) is 9.14. The first-order chi connectivity index (χ1) is 14.2. The van der Waals surface area contributed by atoms with Crippen LogP contribution in [0.4, 0.5) is 0 Å². The molecule has 30 heavy (non-hydrogen) atoms. The molecule has 0 atom stereocenters. The van der Waals surface area contributed by atoms with Crippen molar-refractivity contribution in [2.24, 2.45) is 10.1 Å². The van der Waals surface area contributed by atoms with Crippen molar-refractivity contribution in [1.29, 1.82) is 0 Å². The van der Waals surface area contributed by atoms with Gasteiger partial charge in [0.25, 0.3) is 5.91 Å². The third-order valence-electron chi connectivity index (χ3n) is 4.38. The van der Waals surface area contributed by atoms with E-state index in [-0.39, 0.29) is 10.7 Å². The summed E-state index contributed by atoms with van der Waals surface area (Å²) in [5, 5.41) is 5.23. The number of sulfonamides is 1. The number of aromatic nitrogens is 1. The molecule has 0 saturated heterocycles. The lowest BCUT2D eigenvalue weighted by Crippen LogP contribution is -2.19. The Balaban J connectivity index is 2.08. The SMILES string of the molecule is CCOCCn1c(=NC(=O)c2ccc(C(C)=O)cc2)sc2cc(S(N)(=O)=O)ccc21. The molecule has 8 nitrogen and oxygen atoms in total. The lowest BCUT2D eigenvalue weighted by Gasteiger charge is -2.06. The third-order valence-corrected chi connectivity index (χ3v) is 6.33. The van der Waals surface area contributed by atoms with Crippen molar-refractivity contribution in [3.63, 3.8) is 0 Å². The number of hydrogen-bond acceptors (Lipinski definition) is 6. The summed E-state index contributed by atoms with van der Waals surface area (Å²) in [6.45, 7) is 4.74. The summed E-state index contributed by atoms with van der Waals surface area (Å²) >= 11 is 1.19. The molecule has 0 aliphatic carbocycles. The number of primary sulfonamides is 1. The molecular weight excluding hydrogens is 426 g/mol. The van der Waals surface area contributed by atoms with Crippen molar-refractivity contribution in [3.8, 4) is 0 Å². The zero-order chi connectivity index (χ0) is 21.9. The Morgan fingerprint density at radius 1 is 1.13 bits per heavy atom.